The molecule has 1 aromatic carbocycles. The number of aryl methyl sites for hydroxylation is 1. The molecule has 4 N–H and O–H groups in total. The van der Waals surface area contributed by atoms with Gasteiger partial charge < -0.3 is 16.0 Å². The van der Waals surface area contributed by atoms with Crippen LogP contribution in [0.5, 0.6) is 0 Å². The zero-order chi connectivity index (χ0) is 24.8. The summed E-state index contributed by atoms with van der Waals surface area (Å²) in [5, 5.41) is 18.0. The maximum absolute atomic E-state index is 14.1. The van der Waals surface area contributed by atoms with Crippen LogP contribution in [0.15, 0.2) is 47.6 Å². The molecule has 4 heterocycles. The first-order valence-corrected chi connectivity index (χ1v) is 12.4. The number of benzene rings is 1. The highest BCUT2D eigenvalue weighted by atomic mass is 32.1. The van der Waals surface area contributed by atoms with Gasteiger partial charge in [0.2, 0.25) is 0 Å². The number of imide groups is 1. The van der Waals surface area contributed by atoms with Gasteiger partial charge in [-0.3, -0.25) is 10.1 Å². The van der Waals surface area contributed by atoms with Gasteiger partial charge in [0, 0.05) is 29.1 Å². The Kier molecular flexibility index (Phi) is 5.41. The van der Waals surface area contributed by atoms with E-state index in [0.717, 1.165) is 40.2 Å². The van der Waals surface area contributed by atoms with Crippen molar-refractivity contribution >= 4 is 46.6 Å². The standard InChI is InChI=1S/C25H22FN7O2S/c1-13-6-20(36-12-13)18-8-16(26)3-2-14(18)10-27-21-9-22(29-17-4-5-17)33-23(31-21)15(11-28-33)7-19-24(34)32-25(35)30-19/h2-3,6-9,11-12,17,29H,4-5,10H2,1H3,(H,27,31)(H2,30,32,34,35)/b19-7-. The Morgan fingerprint density at radius 1 is 1.22 bits per heavy atom. The maximum Gasteiger partial charge on any atom is 0.326 e. The van der Waals surface area contributed by atoms with Gasteiger partial charge in [-0.25, -0.2) is 14.2 Å². The topological polar surface area (TPSA) is 112 Å². The zero-order valence-corrected chi connectivity index (χ0v) is 20.1. The molecule has 11 heteroatoms. The maximum atomic E-state index is 14.1. The fourth-order valence-corrected chi connectivity index (χ4v) is 4.99. The third-order valence-electron chi connectivity index (χ3n) is 5.98. The fourth-order valence-electron chi connectivity index (χ4n) is 4.04. The van der Waals surface area contributed by atoms with E-state index in [1.807, 2.05) is 18.4 Å². The molecule has 2 fully saturated rings. The number of urea groups is 1. The average molecular weight is 504 g/mol. The molecule has 0 atom stereocenters. The lowest BCUT2D eigenvalue weighted by Gasteiger charge is -2.13. The van der Waals surface area contributed by atoms with Gasteiger partial charge in [-0.2, -0.15) is 9.61 Å². The van der Waals surface area contributed by atoms with E-state index >= 15 is 0 Å². The van der Waals surface area contributed by atoms with Gasteiger partial charge in [-0.15, -0.1) is 11.3 Å². The number of nitrogens with zero attached hydrogens (tertiary/aromatic N) is 3. The van der Waals surface area contributed by atoms with Crippen LogP contribution in [0.4, 0.5) is 20.8 Å². The van der Waals surface area contributed by atoms with Crippen molar-refractivity contribution in [2.45, 2.75) is 32.4 Å². The van der Waals surface area contributed by atoms with Crippen LogP contribution in [0.3, 0.4) is 0 Å². The van der Waals surface area contributed by atoms with Gasteiger partial charge in [0.25, 0.3) is 5.91 Å². The number of aromatic nitrogens is 3. The van der Waals surface area contributed by atoms with Crippen molar-refractivity contribution in [1.29, 1.82) is 0 Å². The number of hydrogen-bond donors (Lipinski definition) is 4. The van der Waals surface area contributed by atoms with Gasteiger partial charge in [0.1, 0.15) is 23.1 Å². The van der Waals surface area contributed by atoms with Gasteiger partial charge in [0.15, 0.2) is 5.65 Å². The number of halogens is 1. The molecule has 1 saturated carbocycles. The lowest BCUT2D eigenvalue weighted by atomic mass is 10.1. The predicted molar refractivity (Wildman–Crippen MR) is 136 cm³/mol. The van der Waals surface area contributed by atoms with Gasteiger partial charge >= 0.3 is 6.03 Å². The van der Waals surface area contributed by atoms with Crippen molar-refractivity contribution in [3.8, 4) is 10.4 Å². The van der Waals surface area contributed by atoms with E-state index in [1.54, 1.807) is 40.3 Å². The van der Waals surface area contributed by atoms with Crippen LogP contribution < -0.4 is 21.3 Å². The Morgan fingerprint density at radius 2 is 2.08 bits per heavy atom. The van der Waals surface area contributed by atoms with Crippen molar-refractivity contribution in [3.05, 3.63) is 70.1 Å². The van der Waals surface area contributed by atoms with Crippen LogP contribution >= 0.6 is 11.3 Å². The minimum atomic E-state index is -0.565. The Labute approximate surface area is 209 Å². The van der Waals surface area contributed by atoms with Crippen LogP contribution in [-0.2, 0) is 11.3 Å². The molecule has 0 unspecified atom stereocenters. The van der Waals surface area contributed by atoms with Gasteiger partial charge in [-0.05, 0) is 66.1 Å². The van der Waals surface area contributed by atoms with Crippen LogP contribution in [-0.4, -0.2) is 32.6 Å². The lowest BCUT2D eigenvalue weighted by Crippen LogP contribution is -2.22. The second kappa shape index (κ2) is 8.76. The number of hydrogen-bond acceptors (Lipinski definition) is 7. The Balaban J connectivity index is 1.35. The van der Waals surface area contributed by atoms with Crippen molar-refractivity contribution in [2.24, 2.45) is 0 Å². The normalized spacial score (nSPS) is 16.4. The molecular formula is C25H22FN7O2S. The molecule has 0 radical (unpaired) electrons. The Bertz CT molecular complexity index is 1550. The molecule has 1 aliphatic carbocycles. The summed E-state index contributed by atoms with van der Waals surface area (Å²) in [5.41, 5.74) is 4.16. The third-order valence-corrected chi connectivity index (χ3v) is 7.06. The zero-order valence-electron chi connectivity index (χ0n) is 19.3. The molecule has 0 spiro atoms. The van der Waals surface area contributed by atoms with Crippen molar-refractivity contribution < 1.29 is 14.0 Å². The van der Waals surface area contributed by atoms with E-state index in [2.05, 4.69) is 32.4 Å². The summed E-state index contributed by atoms with van der Waals surface area (Å²) in [6, 6.07) is 8.54. The molecule has 0 bridgehead atoms. The van der Waals surface area contributed by atoms with Crippen molar-refractivity contribution in [3.63, 3.8) is 0 Å². The average Bonchev–Trinajstić information content (AvgIpc) is 3.25. The molecule has 6 rings (SSSR count). The van der Waals surface area contributed by atoms with Crippen LogP contribution in [0.2, 0.25) is 0 Å². The highest BCUT2D eigenvalue weighted by Crippen LogP contribution is 2.32. The number of nitrogens with one attached hydrogen (secondary N) is 4. The molecular weight excluding hydrogens is 481 g/mol. The quantitative estimate of drug-likeness (QED) is 0.221. The molecule has 1 aliphatic heterocycles. The van der Waals surface area contributed by atoms with Crippen molar-refractivity contribution in [2.75, 3.05) is 10.6 Å². The van der Waals surface area contributed by atoms with E-state index in [-0.39, 0.29) is 11.5 Å². The minimum Gasteiger partial charge on any atom is -0.367 e. The summed E-state index contributed by atoms with van der Waals surface area (Å²) in [6.07, 6.45) is 5.32. The summed E-state index contributed by atoms with van der Waals surface area (Å²) in [6.45, 7) is 2.45. The molecule has 4 aromatic rings. The minimum absolute atomic E-state index is 0.133. The van der Waals surface area contributed by atoms with Gasteiger partial charge in [-0.1, -0.05) is 6.07 Å². The van der Waals surface area contributed by atoms with Gasteiger partial charge in [0.05, 0.1) is 6.20 Å². The smallest absolute Gasteiger partial charge is 0.326 e. The third kappa shape index (κ3) is 4.40. The van der Waals surface area contributed by atoms with E-state index in [0.29, 0.717) is 29.6 Å². The number of rotatable bonds is 7. The first-order chi connectivity index (χ1) is 17.4. The first-order valence-electron chi connectivity index (χ1n) is 11.5. The monoisotopic (exact) mass is 503 g/mol. The summed E-state index contributed by atoms with van der Waals surface area (Å²) in [7, 11) is 0. The number of carbonyl (C=O) groups is 2. The van der Waals surface area contributed by atoms with Crippen LogP contribution in [0.25, 0.3) is 22.2 Å². The fraction of sp³-hybridized carbons (Fsp3) is 0.200. The van der Waals surface area contributed by atoms with E-state index < -0.39 is 11.9 Å². The Hall–Kier alpha value is -4.25. The second-order valence-electron chi connectivity index (χ2n) is 8.89. The van der Waals surface area contributed by atoms with Crippen molar-refractivity contribution in [1.82, 2.24) is 25.2 Å². The predicted octanol–water partition coefficient (Wildman–Crippen LogP) is 4.27. The molecule has 182 valence electrons. The highest BCUT2D eigenvalue weighted by Gasteiger charge is 2.25. The number of anilines is 2. The second-order valence-corrected chi connectivity index (χ2v) is 9.80. The molecule has 2 aliphatic rings. The summed E-state index contributed by atoms with van der Waals surface area (Å²) >= 11 is 1.58. The summed E-state index contributed by atoms with van der Waals surface area (Å²) in [4.78, 5) is 29.3. The Morgan fingerprint density at radius 3 is 2.81 bits per heavy atom. The highest BCUT2D eigenvalue weighted by molar-refractivity contribution is 7.13. The first kappa shape index (κ1) is 22.2. The number of thiophene rings is 1. The molecule has 9 nitrogen and oxygen atoms in total. The van der Waals surface area contributed by atoms with E-state index in [4.69, 9.17) is 4.98 Å². The molecule has 3 amide bonds. The van der Waals surface area contributed by atoms with Crippen LogP contribution in [0, 0.1) is 12.7 Å². The summed E-state index contributed by atoms with van der Waals surface area (Å²) in [5.74, 6) is 0.582. The SMILES string of the molecule is Cc1csc(-c2cc(F)ccc2CNc2cc(NC3CC3)n3ncc(/C=C4\NC(=O)NC4=O)c3n2)c1. The largest absolute Gasteiger partial charge is 0.367 e. The number of carbonyl (C=O) groups excluding carboxylic acids is 2. The van der Waals surface area contributed by atoms with E-state index in [9.17, 15) is 14.0 Å². The van der Waals surface area contributed by atoms with E-state index in [1.165, 1.54) is 6.07 Å². The number of amides is 3. The molecule has 36 heavy (non-hydrogen) atoms. The molecule has 1 saturated heterocycles. The molecule has 3 aromatic heterocycles. The summed E-state index contributed by atoms with van der Waals surface area (Å²) < 4.78 is 15.8. The number of fused-ring (bicyclic) bond motifs is 1. The lowest BCUT2D eigenvalue weighted by molar-refractivity contribution is -0.115. The van der Waals surface area contributed by atoms with Crippen LogP contribution in [0.1, 0.15) is 29.5 Å².